The third kappa shape index (κ3) is 4.89. The van der Waals surface area contributed by atoms with Gasteiger partial charge in [0.1, 0.15) is 11.6 Å². The van der Waals surface area contributed by atoms with Crippen molar-refractivity contribution in [2.24, 2.45) is 5.10 Å². The van der Waals surface area contributed by atoms with E-state index in [1.165, 1.54) is 29.3 Å². The van der Waals surface area contributed by atoms with Gasteiger partial charge in [-0.1, -0.05) is 30.3 Å². The van der Waals surface area contributed by atoms with E-state index in [2.05, 4.69) is 10.4 Å². The molecule has 3 aromatic carbocycles. The van der Waals surface area contributed by atoms with Gasteiger partial charge < -0.3 is 10.1 Å². The monoisotopic (exact) mass is 429 g/mol. The molecular formula is C25H20FN3O3. The highest BCUT2D eigenvalue weighted by atomic mass is 19.1. The fourth-order valence-electron chi connectivity index (χ4n) is 3.13. The fraction of sp³-hybridized carbons (Fsp3) is 0.0800. The molecule has 0 aliphatic carbocycles. The van der Waals surface area contributed by atoms with Crippen LogP contribution in [0.3, 0.4) is 0 Å². The lowest BCUT2D eigenvalue weighted by Crippen LogP contribution is -2.21. The molecule has 6 nitrogen and oxygen atoms in total. The zero-order valence-corrected chi connectivity index (χ0v) is 17.3. The summed E-state index contributed by atoms with van der Waals surface area (Å²) < 4.78 is 18.4. The number of para-hydroxylation sites is 1. The van der Waals surface area contributed by atoms with E-state index >= 15 is 0 Å². The van der Waals surface area contributed by atoms with Crippen molar-refractivity contribution in [1.29, 1.82) is 0 Å². The SMILES string of the molecule is CC1=NN(c2ccccc2)C(=O)/C1=C/c1ccc(OCC(=O)Nc2ccc(F)cc2)cc1. The van der Waals surface area contributed by atoms with Gasteiger partial charge in [0.15, 0.2) is 6.61 Å². The highest BCUT2D eigenvalue weighted by Crippen LogP contribution is 2.25. The van der Waals surface area contributed by atoms with Crippen molar-refractivity contribution in [1.82, 2.24) is 0 Å². The minimum Gasteiger partial charge on any atom is -0.484 e. The first-order chi connectivity index (χ1) is 15.5. The van der Waals surface area contributed by atoms with Gasteiger partial charge in [0.25, 0.3) is 11.8 Å². The maximum atomic E-state index is 12.9. The number of carbonyl (C=O) groups is 2. The maximum absolute atomic E-state index is 12.9. The van der Waals surface area contributed by atoms with E-state index in [1.807, 2.05) is 30.3 Å². The lowest BCUT2D eigenvalue weighted by molar-refractivity contribution is -0.118. The zero-order valence-electron chi connectivity index (χ0n) is 17.3. The van der Waals surface area contributed by atoms with Gasteiger partial charge in [-0.05, 0) is 67.1 Å². The van der Waals surface area contributed by atoms with Crippen LogP contribution >= 0.6 is 0 Å². The van der Waals surface area contributed by atoms with Crippen LogP contribution in [0.4, 0.5) is 15.8 Å². The maximum Gasteiger partial charge on any atom is 0.280 e. The second kappa shape index (κ2) is 9.26. The minimum absolute atomic E-state index is 0.186. The number of benzene rings is 3. The number of rotatable bonds is 6. The van der Waals surface area contributed by atoms with E-state index in [1.54, 1.807) is 37.3 Å². The quantitative estimate of drug-likeness (QED) is 0.580. The Balaban J connectivity index is 1.37. The summed E-state index contributed by atoms with van der Waals surface area (Å²) in [6.45, 7) is 1.61. The number of nitrogens with one attached hydrogen (secondary N) is 1. The average molecular weight is 429 g/mol. The first kappa shape index (κ1) is 21.0. The molecule has 0 spiro atoms. The number of nitrogens with zero attached hydrogens (tertiary/aromatic N) is 2. The molecule has 0 unspecified atom stereocenters. The van der Waals surface area contributed by atoms with Crippen LogP contribution in [-0.2, 0) is 9.59 Å². The molecule has 1 N–H and O–H groups in total. The molecule has 32 heavy (non-hydrogen) atoms. The van der Waals surface area contributed by atoms with E-state index in [0.29, 0.717) is 28.4 Å². The fourth-order valence-corrected chi connectivity index (χ4v) is 3.13. The first-order valence-electron chi connectivity index (χ1n) is 9.95. The molecule has 0 atom stereocenters. The third-order valence-electron chi connectivity index (χ3n) is 4.75. The molecule has 3 aromatic rings. The van der Waals surface area contributed by atoms with Crippen molar-refractivity contribution in [2.75, 3.05) is 16.9 Å². The Morgan fingerprint density at radius 2 is 1.72 bits per heavy atom. The summed E-state index contributed by atoms with van der Waals surface area (Å²) in [6.07, 6.45) is 1.77. The minimum atomic E-state index is -0.372. The number of carbonyl (C=O) groups excluding carboxylic acids is 2. The summed E-state index contributed by atoms with van der Waals surface area (Å²) in [5.41, 5.74) is 3.16. The van der Waals surface area contributed by atoms with Gasteiger partial charge in [-0.2, -0.15) is 10.1 Å². The zero-order chi connectivity index (χ0) is 22.5. The van der Waals surface area contributed by atoms with E-state index < -0.39 is 0 Å². The molecule has 1 heterocycles. The van der Waals surface area contributed by atoms with Crippen LogP contribution in [0.2, 0.25) is 0 Å². The number of hydrazone groups is 1. The van der Waals surface area contributed by atoms with Gasteiger partial charge in [-0.25, -0.2) is 4.39 Å². The van der Waals surface area contributed by atoms with Crippen LogP contribution < -0.4 is 15.1 Å². The molecule has 2 amide bonds. The molecule has 0 aromatic heterocycles. The number of anilines is 2. The Morgan fingerprint density at radius 3 is 2.41 bits per heavy atom. The van der Waals surface area contributed by atoms with Crippen molar-refractivity contribution >= 4 is 35.0 Å². The van der Waals surface area contributed by atoms with Crippen LogP contribution in [-0.4, -0.2) is 24.1 Å². The Hall–Kier alpha value is -4.26. The summed E-state index contributed by atoms with van der Waals surface area (Å²) in [7, 11) is 0. The number of halogens is 1. The molecule has 0 saturated heterocycles. The van der Waals surface area contributed by atoms with E-state index in [9.17, 15) is 14.0 Å². The molecule has 1 aliphatic heterocycles. The summed E-state index contributed by atoms with van der Waals surface area (Å²) in [6, 6.07) is 21.8. The Kier molecular flexibility index (Phi) is 6.07. The highest BCUT2D eigenvalue weighted by molar-refractivity contribution is 6.32. The van der Waals surface area contributed by atoms with E-state index in [0.717, 1.165) is 5.56 Å². The van der Waals surface area contributed by atoms with Gasteiger partial charge in [-0.3, -0.25) is 9.59 Å². The van der Waals surface area contributed by atoms with Crippen LogP contribution in [0.1, 0.15) is 12.5 Å². The molecule has 160 valence electrons. The van der Waals surface area contributed by atoms with Crippen LogP contribution in [0.15, 0.2) is 89.5 Å². The van der Waals surface area contributed by atoms with Crippen molar-refractivity contribution in [3.8, 4) is 5.75 Å². The Labute approximate surface area is 184 Å². The topological polar surface area (TPSA) is 71.0 Å². The van der Waals surface area contributed by atoms with Gasteiger partial charge in [-0.15, -0.1) is 0 Å². The van der Waals surface area contributed by atoms with Crippen LogP contribution in [0, 0.1) is 5.82 Å². The smallest absolute Gasteiger partial charge is 0.280 e. The van der Waals surface area contributed by atoms with Gasteiger partial charge in [0, 0.05) is 5.69 Å². The second-order valence-corrected chi connectivity index (χ2v) is 7.11. The lowest BCUT2D eigenvalue weighted by Gasteiger charge is -2.11. The molecule has 1 aliphatic rings. The highest BCUT2D eigenvalue weighted by Gasteiger charge is 2.28. The molecule has 0 bridgehead atoms. The van der Waals surface area contributed by atoms with Crippen molar-refractivity contribution < 1.29 is 18.7 Å². The van der Waals surface area contributed by atoms with Crippen molar-refractivity contribution in [3.63, 3.8) is 0 Å². The summed E-state index contributed by atoms with van der Waals surface area (Å²) in [5.74, 6) is -0.406. The predicted octanol–water partition coefficient (Wildman–Crippen LogP) is 4.65. The van der Waals surface area contributed by atoms with Crippen LogP contribution in [0.25, 0.3) is 6.08 Å². The van der Waals surface area contributed by atoms with Gasteiger partial charge in [0.05, 0.1) is 17.0 Å². The number of ether oxygens (including phenoxy) is 1. The molecule has 0 radical (unpaired) electrons. The number of hydrogen-bond acceptors (Lipinski definition) is 4. The van der Waals surface area contributed by atoms with E-state index in [4.69, 9.17) is 4.74 Å². The van der Waals surface area contributed by atoms with Crippen molar-refractivity contribution in [2.45, 2.75) is 6.92 Å². The van der Waals surface area contributed by atoms with E-state index in [-0.39, 0.29) is 24.2 Å². The summed E-state index contributed by atoms with van der Waals surface area (Å²) in [5, 5.41) is 8.38. The van der Waals surface area contributed by atoms with Crippen molar-refractivity contribution in [3.05, 3.63) is 95.8 Å². The van der Waals surface area contributed by atoms with Crippen LogP contribution in [0.5, 0.6) is 5.75 Å². The predicted molar refractivity (Wildman–Crippen MR) is 122 cm³/mol. The average Bonchev–Trinajstić information content (AvgIpc) is 3.09. The molecule has 4 rings (SSSR count). The standard InChI is InChI=1S/C25H20FN3O3/c1-17-23(25(31)29(28-17)21-5-3-2-4-6-21)15-18-7-13-22(14-8-18)32-16-24(30)27-20-11-9-19(26)10-12-20/h2-15H,16H2,1H3,(H,27,30)/b23-15+. The normalized spacial score (nSPS) is 14.4. The Bertz CT molecular complexity index is 1190. The lowest BCUT2D eigenvalue weighted by atomic mass is 10.1. The second-order valence-electron chi connectivity index (χ2n) is 7.11. The Morgan fingerprint density at radius 1 is 1.03 bits per heavy atom. The summed E-state index contributed by atoms with van der Waals surface area (Å²) >= 11 is 0. The first-order valence-corrected chi connectivity index (χ1v) is 9.95. The third-order valence-corrected chi connectivity index (χ3v) is 4.75. The molecule has 0 saturated carbocycles. The van der Waals surface area contributed by atoms with Gasteiger partial charge in [0.2, 0.25) is 0 Å². The molecular weight excluding hydrogens is 409 g/mol. The molecule has 7 heteroatoms. The summed E-state index contributed by atoms with van der Waals surface area (Å²) in [4.78, 5) is 24.8. The number of hydrogen-bond donors (Lipinski definition) is 1. The number of amides is 2. The largest absolute Gasteiger partial charge is 0.484 e. The molecule has 0 fully saturated rings. The van der Waals surface area contributed by atoms with Gasteiger partial charge >= 0.3 is 0 Å².